The van der Waals surface area contributed by atoms with Crippen LogP contribution in [0.2, 0.25) is 0 Å². The van der Waals surface area contributed by atoms with Crippen LogP contribution >= 0.6 is 27.3 Å². The molecule has 0 unspecified atom stereocenters. The summed E-state index contributed by atoms with van der Waals surface area (Å²) in [4.78, 5) is 23.1. The maximum absolute atomic E-state index is 11.4. The predicted octanol–water partition coefficient (Wildman–Crippen LogP) is 2.64. The summed E-state index contributed by atoms with van der Waals surface area (Å²) in [6, 6.07) is 1.83. The maximum atomic E-state index is 11.4. The van der Waals surface area contributed by atoms with Crippen LogP contribution in [-0.2, 0) is 4.79 Å². The van der Waals surface area contributed by atoms with Gasteiger partial charge in [-0.3, -0.25) is 4.79 Å². The van der Waals surface area contributed by atoms with Gasteiger partial charge >= 0.3 is 5.97 Å². The zero-order valence-corrected chi connectivity index (χ0v) is 9.68. The Morgan fingerprint density at radius 3 is 2.57 bits per heavy atom. The van der Waals surface area contributed by atoms with Crippen molar-refractivity contribution in [2.24, 2.45) is 0 Å². The highest BCUT2D eigenvalue weighted by Crippen LogP contribution is 2.27. The summed E-state index contributed by atoms with van der Waals surface area (Å²) in [5.74, 6) is -1.42. The van der Waals surface area contributed by atoms with Crippen LogP contribution < -0.4 is 0 Å². The Kier molecular flexibility index (Phi) is 3.60. The molecule has 0 saturated heterocycles. The summed E-state index contributed by atoms with van der Waals surface area (Å²) in [7, 11) is 0. The van der Waals surface area contributed by atoms with E-state index in [9.17, 15) is 9.59 Å². The highest BCUT2D eigenvalue weighted by Gasteiger charge is 2.10. The normalized spacial score (nSPS) is 10.7. The van der Waals surface area contributed by atoms with Gasteiger partial charge in [-0.25, -0.2) is 4.79 Å². The standard InChI is InChI=1S/C9H7BrO3S/c1-5-4-6(10)9(14-5)7(11)2-3-8(12)13/h2-4H,1H3,(H,12,13). The molecular formula is C9H7BrO3S. The van der Waals surface area contributed by atoms with E-state index in [1.54, 1.807) is 0 Å². The third kappa shape index (κ3) is 2.78. The number of carbonyl (C=O) groups is 2. The SMILES string of the molecule is Cc1cc(Br)c(C(=O)C=CC(=O)O)s1. The van der Waals surface area contributed by atoms with Crippen LogP contribution in [0.4, 0.5) is 0 Å². The lowest BCUT2D eigenvalue weighted by Crippen LogP contribution is -1.94. The first kappa shape index (κ1) is 11.1. The summed E-state index contributed by atoms with van der Waals surface area (Å²) in [5, 5.41) is 8.34. The van der Waals surface area contributed by atoms with Gasteiger partial charge in [0.25, 0.3) is 0 Å². The molecule has 0 aromatic carbocycles. The number of rotatable bonds is 3. The van der Waals surface area contributed by atoms with Crippen molar-refractivity contribution in [2.75, 3.05) is 0 Å². The Hall–Kier alpha value is -0.940. The van der Waals surface area contributed by atoms with Crippen molar-refractivity contribution in [3.8, 4) is 0 Å². The van der Waals surface area contributed by atoms with Gasteiger partial charge in [0.2, 0.25) is 0 Å². The number of hydrogen-bond acceptors (Lipinski definition) is 3. The Morgan fingerprint density at radius 1 is 1.50 bits per heavy atom. The fourth-order valence-electron chi connectivity index (χ4n) is 0.874. The molecule has 0 spiro atoms. The lowest BCUT2D eigenvalue weighted by Gasteiger charge is -1.89. The first-order valence-electron chi connectivity index (χ1n) is 3.72. The molecule has 0 fully saturated rings. The van der Waals surface area contributed by atoms with Crippen LogP contribution in [0, 0.1) is 6.92 Å². The number of hydrogen-bond donors (Lipinski definition) is 1. The number of allylic oxidation sites excluding steroid dienone is 1. The number of aryl methyl sites for hydroxylation is 1. The third-order valence-electron chi connectivity index (χ3n) is 1.41. The second-order valence-corrected chi connectivity index (χ2v) is 4.68. The van der Waals surface area contributed by atoms with Crippen LogP contribution in [0.15, 0.2) is 22.7 Å². The fourth-order valence-corrected chi connectivity index (χ4v) is 2.63. The molecule has 0 aliphatic rings. The second kappa shape index (κ2) is 4.52. The molecule has 1 N–H and O–H groups in total. The van der Waals surface area contributed by atoms with Gasteiger partial charge in [0.05, 0.1) is 4.88 Å². The van der Waals surface area contributed by atoms with Gasteiger partial charge in [-0.2, -0.15) is 0 Å². The van der Waals surface area contributed by atoms with E-state index in [0.717, 1.165) is 17.0 Å². The molecule has 3 nitrogen and oxygen atoms in total. The zero-order chi connectivity index (χ0) is 10.7. The average molecular weight is 275 g/mol. The molecule has 0 amide bonds. The van der Waals surface area contributed by atoms with E-state index in [1.807, 2.05) is 13.0 Å². The van der Waals surface area contributed by atoms with Crippen LogP contribution in [0.5, 0.6) is 0 Å². The molecule has 1 aromatic rings. The summed E-state index contributed by atoms with van der Waals surface area (Å²) in [6.45, 7) is 1.88. The number of carbonyl (C=O) groups excluding carboxylic acids is 1. The van der Waals surface area contributed by atoms with Gasteiger partial charge in [-0.05, 0) is 35.0 Å². The largest absolute Gasteiger partial charge is 0.478 e. The second-order valence-electron chi connectivity index (χ2n) is 2.57. The summed E-state index contributed by atoms with van der Waals surface area (Å²) in [6.07, 6.45) is 1.89. The van der Waals surface area contributed by atoms with E-state index in [0.29, 0.717) is 9.35 Å². The lowest BCUT2D eigenvalue weighted by atomic mass is 10.3. The molecule has 1 aromatic heterocycles. The molecule has 1 rings (SSSR count). The van der Waals surface area contributed by atoms with Crippen molar-refractivity contribution in [1.82, 2.24) is 0 Å². The number of aliphatic carboxylic acids is 1. The molecule has 14 heavy (non-hydrogen) atoms. The lowest BCUT2D eigenvalue weighted by molar-refractivity contribution is -0.131. The number of thiophene rings is 1. The minimum atomic E-state index is -1.12. The van der Waals surface area contributed by atoms with Gasteiger partial charge in [0, 0.05) is 15.4 Å². The van der Waals surface area contributed by atoms with E-state index in [-0.39, 0.29) is 5.78 Å². The highest BCUT2D eigenvalue weighted by molar-refractivity contribution is 9.10. The first-order valence-corrected chi connectivity index (χ1v) is 5.33. The van der Waals surface area contributed by atoms with Gasteiger partial charge in [0.1, 0.15) is 0 Å². The van der Waals surface area contributed by atoms with Crippen molar-refractivity contribution in [3.05, 3.63) is 32.4 Å². The van der Waals surface area contributed by atoms with E-state index in [4.69, 9.17) is 5.11 Å². The molecule has 0 radical (unpaired) electrons. The van der Waals surface area contributed by atoms with Gasteiger partial charge in [0.15, 0.2) is 5.78 Å². The van der Waals surface area contributed by atoms with Crippen LogP contribution in [0.1, 0.15) is 14.5 Å². The van der Waals surface area contributed by atoms with Gasteiger partial charge < -0.3 is 5.11 Å². The monoisotopic (exact) mass is 274 g/mol. The third-order valence-corrected chi connectivity index (χ3v) is 3.36. The molecule has 0 aliphatic carbocycles. The van der Waals surface area contributed by atoms with Crippen molar-refractivity contribution in [3.63, 3.8) is 0 Å². The summed E-state index contributed by atoms with van der Waals surface area (Å²) >= 11 is 4.57. The summed E-state index contributed by atoms with van der Waals surface area (Å²) in [5.41, 5.74) is 0. The molecule has 0 saturated carbocycles. The highest BCUT2D eigenvalue weighted by atomic mass is 79.9. The van der Waals surface area contributed by atoms with Crippen molar-refractivity contribution < 1.29 is 14.7 Å². The topological polar surface area (TPSA) is 54.4 Å². The van der Waals surface area contributed by atoms with Gasteiger partial charge in [-0.15, -0.1) is 11.3 Å². The van der Waals surface area contributed by atoms with Crippen LogP contribution in [0.25, 0.3) is 0 Å². The van der Waals surface area contributed by atoms with Crippen LogP contribution in [-0.4, -0.2) is 16.9 Å². The van der Waals surface area contributed by atoms with E-state index >= 15 is 0 Å². The molecule has 0 bridgehead atoms. The Bertz CT molecular complexity index is 406. The minimum absolute atomic E-state index is 0.294. The molecule has 0 aliphatic heterocycles. The van der Waals surface area contributed by atoms with Crippen molar-refractivity contribution in [2.45, 2.75) is 6.92 Å². The Morgan fingerprint density at radius 2 is 2.14 bits per heavy atom. The van der Waals surface area contributed by atoms with Crippen LogP contribution in [0.3, 0.4) is 0 Å². The molecular weight excluding hydrogens is 268 g/mol. The number of ketones is 1. The minimum Gasteiger partial charge on any atom is -0.478 e. The molecule has 0 atom stereocenters. The average Bonchev–Trinajstić information content (AvgIpc) is 2.41. The smallest absolute Gasteiger partial charge is 0.328 e. The Labute approximate surface area is 93.2 Å². The van der Waals surface area contributed by atoms with Crippen molar-refractivity contribution >= 4 is 39.0 Å². The fraction of sp³-hybridized carbons (Fsp3) is 0.111. The zero-order valence-electron chi connectivity index (χ0n) is 7.28. The maximum Gasteiger partial charge on any atom is 0.328 e. The quantitative estimate of drug-likeness (QED) is 0.681. The van der Waals surface area contributed by atoms with Gasteiger partial charge in [-0.1, -0.05) is 0 Å². The van der Waals surface area contributed by atoms with E-state index in [2.05, 4.69) is 15.9 Å². The van der Waals surface area contributed by atoms with Crippen molar-refractivity contribution in [1.29, 1.82) is 0 Å². The molecule has 74 valence electrons. The first-order chi connectivity index (χ1) is 6.50. The number of halogens is 1. The molecule has 1 heterocycles. The van der Waals surface area contributed by atoms with E-state index < -0.39 is 5.97 Å². The Balaban J connectivity index is 2.90. The summed E-state index contributed by atoms with van der Waals surface area (Å²) < 4.78 is 0.708. The molecule has 5 heteroatoms. The van der Waals surface area contributed by atoms with E-state index in [1.165, 1.54) is 11.3 Å². The predicted molar refractivity (Wildman–Crippen MR) is 57.9 cm³/mol. The number of carboxylic acids is 1. The number of carboxylic acid groups (broad SMARTS) is 1.